The number of nitrogens with one attached hydrogen (secondary N) is 1. The van der Waals surface area contributed by atoms with Gasteiger partial charge in [0, 0.05) is 5.56 Å². The van der Waals surface area contributed by atoms with E-state index in [1.54, 1.807) is 24.3 Å². The summed E-state index contributed by atoms with van der Waals surface area (Å²) in [6, 6.07) is 17.6. The molecule has 3 aromatic rings. The molecule has 0 aromatic heterocycles. The summed E-state index contributed by atoms with van der Waals surface area (Å²) in [6.45, 7) is 0.366. The summed E-state index contributed by atoms with van der Waals surface area (Å²) >= 11 is 0. The average Bonchev–Trinajstić information content (AvgIpc) is 2.68. The number of hydrogen-bond acceptors (Lipinski definition) is 3. The third-order valence-electron chi connectivity index (χ3n) is 3.98. The minimum atomic E-state index is -1.53. The molecule has 6 heteroatoms. The molecule has 0 aliphatic heterocycles. The first kappa shape index (κ1) is 18.0. The molecule has 0 saturated carbocycles. The Labute approximate surface area is 149 Å². The fraction of sp³-hybridized carbons (Fsp3) is 0.100. The summed E-state index contributed by atoms with van der Waals surface area (Å²) in [5, 5.41) is 0. The first-order valence-corrected chi connectivity index (χ1v) is 7.96. The lowest BCUT2D eigenvalue weighted by Crippen LogP contribution is -2.29. The van der Waals surface area contributed by atoms with Crippen LogP contribution in [0.2, 0.25) is 0 Å². The van der Waals surface area contributed by atoms with Crippen molar-refractivity contribution < 1.29 is 17.9 Å². The molecule has 1 atom stereocenters. The van der Waals surface area contributed by atoms with Gasteiger partial charge in [0.2, 0.25) is 0 Å². The third-order valence-corrected chi connectivity index (χ3v) is 3.98. The Balaban J connectivity index is 1.85. The highest BCUT2D eigenvalue weighted by Crippen LogP contribution is 2.28. The topological polar surface area (TPSA) is 47.3 Å². The van der Waals surface area contributed by atoms with Gasteiger partial charge in [-0.05, 0) is 29.3 Å². The molecule has 0 saturated heterocycles. The molecule has 0 amide bonds. The van der Waals surface area contributed by atoms with E-state index in [2.05, 4.69) is 5.43 Å². The van der Waals surface area contributed by atoms with E-state index in [9.17, 15) is 13.2 Å². The van der Waals surface area contributed by atoms with E-state index in [0.717, 1.165) is 17.7 Å². The molecule has 3 aromatic carbocycles. The van der Waals surface area contributed by atoms with Gasteiger partial charge in [-0.1, -0.05) is 48.5 Å². The molecule has 134 valence electrons. The van der Waals surface area contributed by atoms with Crippen LogP contribution in [0.15, 0.2) is 66.7 Å². The number of nitrogens with two attached hydrogens (primary N) is 1. The second-order valence-electron chi connectivity index (χ2n) is 5.71. The van der Waals surface area contributed by atoms with Crippen LogP contribution in [0, 0.1) is 17.5 Å². The van der Waals surface area contributed by atoms with Crippen molar-refractivity contribution in [2.24, 2.45) is 5.84 Å². The van der Waals surface area contributed by atoms with Crippen LogP contribution in [-0.2, 0) is 6.61 Å². The standard InChI is InChI=1S/C20H17F3N2O/c21-17-10-9-16(18(22)19(17)23)20(25-24)14-7-4-8-15(11-14)26-12-13-5-2-1-3-6-13/h1-11,20,25H,12,24H2. The van der Waals surface area contributed by atoms with E-state index in [1.165, 1.54) is 0 Å². The lowest BCUT2D eigenvalue weighted by Gasteiger charge is -2.19. The van der Waals surface area contributed by atoms with Gasteiger partial charge in [0.05, 0.1) is 6.04 Å². The van der Waals surface area contributed by atoms with Gasteiger partial charge in [0.1, 0.15) is 12.4 Å². The molecule has 0 aliphatic rings. The molecule has 3 N–H and O–H groups in total. The molecule has 1 unspecified atom stereocenters. The molecule has 0 radical (unpaired) electrons. The lowest BCUT2D eigenvalue weighted by atomic mass is 9.98. The number of hydrazine groups is 1. The van der Waals surface area contributed by atoms with Crippen molar-refractivity contribution in [3.05, 3.63) is 101 Å². The first-order valence-electron chi connectivity index (χ1n) is 7.96. The van der Waals surface area contributed by atoms with Crippen LogP contribution < -0.4 is 16.0 Å². The highest BCUT2D eigenvalue weighted by atomic mass is 19.2. The van der Waals surface area contributed by atoms with Crippen molar-refractivity contribution in [1.82, 2.24) is 5.43 Å². The third kappa shape index (κ3) is 3.87. The Hall–Kier alpha value is -2.83. The molecule has 0 fully saturated rings. The van der Waals surface area contributed by atoms with Gasteiger partial charge in [-0.15, -0.1) is 0 Å². The molecule has 0 aliphatic carbocycles. The van der Waals surface area contributed by atoms with E-state index in [1.807, 2.05) is 30.3 Å². The van der Waals surface area contributed by atoms with Crippen LogP contribution in [-0.4, -0.2) is 0 Å². The van der Waals surface area contributed by atoms with Gasteiger partial charge in [-0.3, -0.25) is 5.84 Å². The van der Waals surface area contributed by atoms with Crippen molar-refractivity contribution in [2.75, 3.05) is 0 Å². The van der Waals surface area contributed by atoms with Crippen LogP contribution >= 0.6 is 0 Å². The smallest absolute Gasteiger partial charge is 0.194 e. The Kier molecular flexibility index (Phi) is 5.55. The van der Waals surface area contributed by atoms with Gasteiger partial charge < -0.3 is 4.74 Å². The zero-order chi connectivity index (χ0) is 18.5. The second kappa shape index (κ2) is 8.03. The minimum absolute atomic E-state index is 0.0911. The van der Waals surface area contributed by atoms with Gasteiger partial charge >= 0.3 is 0 Å². The number of hydrogen-bond donors (Lipinski definition) is 2. The molecule has 0 spiro atoms. The Morgan fingerprint density at radius 1 is 0.885 bits per heavy atom. The normalized spacial score (nSPS) is 12.0. The number of benzene rings is 3. The van der Waals surface area contributed by atoms with E-state index in [0.29, 0.717) is 17.9 Å². The summed E-state index contributed by atoms with van der Waals surface area (Å²) < 4.78 is 46.6. The maximum absolute atomic E-state index is 14.1. The zero-order valence-electron chi connectivity index (χ0n) is 13.8. The van der Waals surface area contributed by atoms with Crippen molar-refractivity contribution >= 4 is 0 Å². The van der Waals surface area contributed by atoms with Gasteiger partial charge in [-0.25, -0.2) is 18.6 Å². The Morgan fingerprint density at radius 3 is 2.38 bits per heavy atom. The SMILES string of the molecule is NNC(c1cccc(OCc2ccccc2)c1)c1ccc(F)c(F)c1F. The minimum Gasteiger partial charge on any atom is -0.489 e. The van der Waals surface area contributed by atoms with Crippen LogP contribution in [0.5, 0.6) is 5.75 Å². The van der Waals surface area contributed by atoms with Crippen molar-refractivity contribution in [1.29, 1.82) is 0 Å². The molecule has 26 heavy (non-hydrogen) atoms. The summed E-state index contributed by atoms with van der Waals surface area (Å²) in [6.07, 6.45) is 0. The molecule has 3 rings (SSSR count). The monoisotopic (exact) mass is 358 g/mol. The first-order chi connectivity index (χ1) is 12.6. The maximum Gasteiger partial charge on any atom is 0.194 e. The predicted octanol–water partition coefficient (Wildman–Crippen LogP) is 4.24. The van der Waals surface area contributed by atoms with E-state index < -0.39 is 23.5 Å². The summed E-state index contributed by atoms with van der Waals surface area (Å²) in [5.74, 6) is 2.03. The fourth-order valence-electron chi connectivity index (χ4n) is 2.65. The van der Waals surface area contributed by atoms with Crippen molar-refractivity contribution in [2.45, 2.75) is 12.6 Å². The molecular weight excluding hydrogens is 341 g/mol. The van der Waals surface area contributed by atoms with Gasteiger partial charge in [0.25, 0.3) is 0 Å². The predicted molar refractivity (Wildman–Crippen MR) is 92.7 cm³/mol. The Morgan fingerprint density at radius 2 is 1.65 bits per heavy atom. The number of halogens is 3. The number of ether oxygens (including phenoxy) is 1. The molecule has 0 heterocycles. The quantitative estimate of drug-likeness (QED) is 0.394. The van der Waals surface area contributed by atoms with Crippen LogP contribution in [0.4, 0.5) is 13.2 Å². The lowest BCUT2D eigenvalue weighted by molar-refractivity contribution is 0.305. The highest BCUT2D eigenvalue weighted by molar-refractivity contribution is 5.37. The van der Waals surface area contributed by atoms with Gasteiger partial charge in [-0.2, -0.15) is 0 Å². The maximum atomic E-state index is 14.1. The second-order valence-corrected chi connectivity index (χ2v) is 5.71. The van der Waals surface area contributed by atoms with Crippen LogP contribution in [0.3, 0.4) is 0 Å². The molecule has 3 nitrogen and oxygen atoms in total. The molecule has 0 bridgehead atoms. The van der Waals surface area contributed by atoms with Crippen molar-refractivity contribution in [3.63, 3.8) is 0 Å². The zero-order valence-corrected chi connectivity index (χ0v) is 13.8. The van der Waals surface area contributed by atoms with E-state index in [-0.39, 0.29) is 5.56 Å². The fourth-order valence-corrected chi connectivity index (χ4v) is 2.65. The summed E-state index contributed by atoms with van der Waals surface area (Å²) in [4.78, 5) is 0. The largest absolute Gasteiger partial charge is 0.489 e. The summed E-state index contributed by atoms with van der Waals surface area (Å²) in [7, 11) is 0. The van der Waals surface area contributed by atoms with E-state index in [4.69, 9.17) is 10.6 Å². The van der Waals surface area contributed by atoms with E-state index >= 15 is 0 Å². The Bertz CT molecular complexity index is 887. The highest BCUT2D eigenvalue weighted by Gasteiger charge is 2.21. The van der Waals surface area contributed by atoms with Crippen LogP contribution in [0.1, 0.15) is 22.7 Å². The van der Waals surface area contributed by atoms with Crippen LogP contribution in [0.25, 0.3) is 0 Å². The van der Waals surface area contributed by atoms with Gasteiger partial charge in [0.15, 0.2) is 17.5 Å². The summed E-state index contributed by atoms with van der Waals surface area (Å²) in [5.41, 5.74) is 3.90. The molecular formula is C20H17F3N2O. The van der Waals surface area contributed by atoms with Crippen molar-refractivity contribution in [3.8, 4) is 5.75 Å². The number of rotatable bonds is 6. The average molecular weight is 358 g/mol.